The Labute approximate surface area is 149 Å². The molecule has 26 heavy (non-hydrogen) atoms. The van der Waals surface area contributed by atoms with Crippen LogP contribution in [-0.4, -0.2) is 26.5 Å². The number of ether oxygens (including phenoxy) is 1. The maximum absolute atomic E-state index is 13.6. The molecule has 2 rings (SSSR count). The Morgan fingerprint density at radius 3 is 2.42 bits per heavy atom. The average Bonchev–Trinajstić information content (AvgIpc) is 2.89. The van der Waals surface area contributed by atoms with Crippen LogP contribution in [0.15, 0.2) is 24.4 Å². The van der Waals surface area contributed by atoms with Crippen LogP contribution >= 0.6 is 0 Å². The van der Waals surface area contributed by atoms with Gasteiger partial charge in [0, 0.05) is 5.69 Å². The molecule has 1 amide bonds. The van der Waals surface area contributed by atoms with Gasteiger partial charge in [0.1, 0.15) is 5.60 Å². The molecule has 2 aromatic heterocycles. The molecule has 2 aromatic rings. The highest BCUT2D eigenvalue weighted by Gasteiger charge is 2.40. The van der Waals surface area contributed by atoms with E-state index in [1.807, 2.05) is 13.8 Å². The molecule has 0 bridgehead atoms. The summed E-state index contributed by atoms with van der Waals surface area (Å²) in [5.74, 6) is 0.0555. The van der Waals surface area contributed by atoms with E-state index in [0.29, 0.717) is 10.4 Å². The highest BCUT2D eigenvalue weighted by molar-refractivity contribution is 5.85. The monoisotopic (exact) mass is 370 g/mol. The molecule has 142 valence electrons. The lowest BCUT2D eigenvalue weighted by Gasteiger charge is -2.20. The number of halogens is 3. The minimum absolute atomic E-state index is 0.0146. The second-order valence-electron chi connectivity index (χ2n) is 7.02. The predicted octanol–water partition coefficient (Wildman–Crippen LogP) is 4.76. The third-order valence-corrected chi connectivity index (χ3v) is 3.24. The summed E-state index contributed by atoms with van der Waals surface area (Å²) in [6.07, 6.45) is -4.82. The van der Waals surface area contributed by atoms with Crippen molar-refractivity contribution in [2.75, 3.05) is 5.32 Å². The summed E-state index contributed by atoms with van der Waals surface area (Å²) < 4.78 is 46.5. The van der Waals surface area contributed by atoms with Crippen molar-refractivity contribution in [3.05, 3.63) is 35.8 Å². The van der Waals surface area contributed by atoms with Crippen LogP contribution in [0.25, 0.3) is 5.82 Å². The molecule has 6 nitrogen and oxygen atoms in total. The molecule has 0 fully saturated rings. The number of alkyl halides is 3. The lowest BCUT2D eigenvalue weighted by Crippen LogP contribution is -2.28. The molecule has 9 heteroatoms. The van der Waals surface area contributed by atoms with E-state index in [-0.39, 0.29) is 11.7 Å². The fourth-order valence-electron chi connectivity index (χ4n) is 2.18. The molecular formula is C17H21F3N4O2. The lowest BCUT2D eigenvalue weighted by atomic mass is 10.1. The summed E-state index contributed by atoms with van der Waals surface area (Å²) in [7, 11) is 0. The van der Waals surface area contributed by atoms with Gasteiger partial charge in [-0.15, -0.1) is 0 Å². The van der Waals surface area contributed by atoms with Crippen LogP contribution in [0, 0.1) is 0 Å². The number of hydrogen-bond donors (Lipinski definition) is 1. The normalized spacial score (nSPS) is 12.3. The van der Waals surface area contributed by atoms with E-state index in [0.717, 1.165) is 6.20 Å². The van der Waals surface area contributed by atoms with Crippen LogP contribution in [0.1, 0.15) is 51.9 Å². The van der Waals surface area contributed by atoms with Crippen molar-refractivity contribution in [3.8, 4) is 5.82 Å². The van der Waals surface area contributed by atoms with Crippen molar-refractivity contribution < 1.29 is 22.7 Å². The summed E-state index contributed by atoms with van der Waals surface area (Å²) in [6.45, 7) is 8.61. The number of carbonyl (C=O) groups excluding carboxylic acids is 1. The minimum atomic E-state index is -4.75. The Bertz CT molecular complexity index is 792. The van der Waals surface area contributed by atoms with E-state index in [1.54, 1.807) is 32.9 Å². The first-order valence-corrected chi connectivity index (χ1v) is 8.01. The van der Waals surface area contributed by atoms with Crippen molar-refractivity contribution in [1.29, 1.82) is 0 Å². The van der Waals surface area contributed by atoms with Crippen LogP contribution in [-0.2, 0) is 10.9 Å². The molecular weight excluding hydrogens is 349 g/mol. The summed E-state index contributed by atoms with van der Waals surface area (Å²) in [4.78, 5) is 16.1. The number of pyridine rings is 1. The Kier molecular flexibility index (Phi) is 5.29. The molecule has 0 aliphatic rings. The van der Waals surface area contributed by atoms with Gasteiger partial charge in [-0.2, -0.15) is 18.3 Å². The standard InChI is InChI=1S/C17H21F3N4O2/c1-10(2)11-7-6-8-13(22-11)24-14(17(18,19)20)12(9-21-24)23-15(25)26-16(3,4)5/h6-10H,1-5H3,(H,23,25). The van der Waals surface area contributed by atoms with Crippen molar-refractivity contribution in [1.82, 2.24) is 14.8 Å². The first-order chi connectivity index (χ1) is 11.9. The Balaban J connectivity index is 2.45. The highest BCUT2D eigenvalue weighted by Crippen LogP contribution is 2.36. The molecule has 0 unspecified atom stereocenters. The van der Waals surface area contributed by atoms with Gasteiger partial charge in [0.15, 0.2) is 11.5 Å². The van der Waals surface area contributed by atoms with Crippen LogP contribution in [0.3, 0.4) is 0 Å². The molecule has 2 heterocycles. The number of hydrogen-bond acceptors (Lipinski definition) is 4. The van der Waals surface area contributed by atoms with Crippen LogP contribution in [0.5, 0.6) is 0 Å². The van der Waals surface area contributed by atoms with E-state index < -0.39 is 29.3 Å². The van der Waals surface area contributed by atoms with Crippen LogP contribution in [0.4, 0.5) is 23.7 Å². The number of rotatable bonds is 3. The zero-order valence-corrected chi connectivity index (χ0v) is 15.2. The maximum atomic E-state index is 13.6. The first-order valence-electron chi connectivity index (χ1n) is 8.01. The zero-order chi connectivity index (χ0) is 19.7. The first kappa shape index (κ1) is 19.7. The van der Waals surface area contributed by atoms with Crippen molar-refractivity contribution >= 4 is 11.8 Å². The number of carbonyl (C=O) groups is 1. The predicted molar refractivity (Wildman–Crippen MR) is 90.3 cm³/mol. The van der Waals surface area contributed by atoms with Crippen molar-refractivity contribution in [3.63, 3.8) is 0 Å². The second-order valence-corrected chi connectivity index (χ2v) is 7.02. The molecule has 0 saturated heterocycles. The fourth-order valence-corrected chi connectivity index (χ4v) is 2.18. The SMILES string of the molecule is CC(C)c1cccc(-n2ncc(NC(=O)OC(C)(C)C)c2C(F)(F)F)n1. The van der Waals surface area contributed by atoms with Crippen LogP contribution in [0.2, 0.25) is 0 Å². The topological polar surface area (TPSA) is 69.0 Å². The molecule has 0 aliphatic carbocycles. The number of amides is 1. The van der Waals surface area contributed by atoms with Gasteiger partial charge in [-0.1, -0.05) is 19.9 Å². The average molecular weight is 370 g/mol. The highest BCUT2D eigenvalue weighted by atomic mass is 19.4. The summed E-state index contributed by atoms with van der Waals surface area (Å²) >= 11 is 0. The van der Waals surface area contributed by atoms with E-state index in [1.165, 1.54) is 6.07 Å². The zero-order valence-electron chi connectivity index (χ0n) is 15.2. The molecule has 1 N–H and O–H groups in total. The van der Waals surface area contributed by atoms with Crippen molar-refractivity contribution in [2.45, 2.75) is 52.3 Å². The smallest absolute Gasteiger partial charge is 0.435 e. The van der Waals surface area contributed by atoms with Gasteiger partial charge in [0.25, 0.3) is 0 Å². The molecule has 0 atom stereocenters. The fraction of sp³-hybridized carbons (Fsp3) is 0.471. The van der Waals surface area contributed by atoms with Crippen molar-refractivity contribution in [2.24, 2.45) is 0 Å². The number of nitrogens with one attached hydrogen (secondary N) is 1. The van der Waals surface area contributed by atoms with Gasteiger partial charge in [-0.25, -0.2) is 14.5 Å². The molecule has 0 spiro atoms. The van der Waals surface area contributed by atoms with E-state index >= 15 is 0 Å². The van der Waals surface area contributed by atoms with Crippen LogP contribution < -0.4 is 5.32 Å². The third kappa shape index (κ3) is 4.74. The summed E-state index contributed by atoms with van der Waals surface area (Å²) in [6, 6.07) is 4.76. The Morgan fingerprint density at radius 2 is 1.88 bits per heavy atom. The van der Waals surface area contributed by atoms with Gasteiger partial charge in [-0.05, 0) is 38.8 Å². The number of anilines is 1. The molecule has 0 aliphatic heterocycles. The molecule has 0 saturated carbocycles. The third-order valence-electron chi connectivity index (χ3n) is 3.24. The van der Waals surface area contributed by atoms with E-state index in [4.69, 9.17) is 4.74 Å². The number of aromatic nitrogens is 3. The van der Waals surface area contributed by atoms with E-state index in [9.17, 15) is 18.0 Å². The largest absolute Gasteiger partial charge is 0.444 e. The quantitative estimate of drug-likeness (QED) is 0.846. The molecule has 0 radical (unpaired) electrons. The Morgan fingerprint density at radius 1 is 1.23 bits per heavy atom. The summed E-state index contributed by atoms with van der Waals surface area (Å²) in [5.41, 5.74) is -1.83. The van der Waals surface area contributed by atoms with Gasteiger partial charge in [-0.3, -0.25) is 5.32 Å². The lowest BCUT2D eigenvalue weighted by molar-refractivity contribution is -0.142. The van der Waals surface area contributed by atoms with Gasteiger partial charge in [0.05, 0.1) is 11.9 Å². The minimum Gasteiger partial charge on any atom is -0.444 e. The van der Waals surface area contributed by atoms with Gasteiger partial charge < -0.3 is 4.74 Å². The van der Waals surface area contributed by atoms with Gasteiger partial charge >= 0.3 is 12.3 Å². The van der Waals surface area contributed by atoms with E-state index in [2.05, 4.69) is 15.4 Å². The van der Waals surface area contributed by atoms with Gasteiger partial charge in [0.2, 0.25) is 0 Å². The second kappa shape index (κ2) is 6.97. The number of nitrogens with zero attached hydrogens (tertiary/aromatic N) is 3. The Hall–Kier alpha value is -2.58. The maximum Gasteiger partial charge on any atom is 0.435 e. The molecule has 0 aromatic carbocycles. The summed E-state index contributed by atoms with van der Waals surface area (Å²) in [5, 5.41) is 5.88.